The van der Waals surface area contributed by atoms with Gasteiger partial charge in [-0.3, -0.25) is 0 Å². The highest BCUT2D eigenvalue weighted by molar-refractivity contribution is 5.15. The van der Waals surface area contributed by atoms with Crippen molar-refractivity contribution < 1.29 is 0 Å². The summed E-state index contributed by atoms with van der Waals surface area (Å²) in [6, 6.07) is 11.8. The van der Waals surface area contributed by atoms with E-state index in [9.17, 15) is 0 Å². The SMILES string of the molecule is NCC1CCC(C(CCc2ccccc2)N2CCCC2)CC1. The van der Waals surface area contributed by atoms with Crippen LogP contribution in [-0.2, 0) is 6.42 Å². The topological polar surface area (TPSA) is 29.3 Å². The normalized spacial score (nSPS) is 27.9. The Morgan fingerprint density at radius 1 is 1.00 bits per heavy atom. The molecule has 1 atom stereocenters. The van der Waals surface area contributed by atoms with Crippen LogP contribution in [0.4, 0.5) is 0 Å². The van der Waals surface area contributed by atoms with E-state index >= 15 is 0 Å². The highest BCUT2D eigenvalue weighted by Gasteiger charge is 2.31. The van der Waals surface area contributed by atoms with Gasteiger partial charge in [-0.05, 0) is 88.4 Å². The zero-order chi connectivity index (χ0) is 15.2. The Bertz CT molecular complexity index is 417. The molecule has 1 unspecified atom stereocenters. The summed E-state index contributed by atoms with van der Waals surface area (Å²) < 4.78 is 0. The minimum atomic E-state index is 0.796. The van der Waals surface area contributed by atoms with Crippen molar-refractivity contribution in [2.75, 3.05) is 19.6 Å². The molecule has 2 nitrogen and oxygen atoms in total. The Labute approximate surface area is 136 Å². The fourth-order valence-electron chi connectivity index (χ4n) is 4.56. The van der Waals surface area contributed by atoms with Crippen LogP contribution in [-0.4, -0.2) is 30.6 Å². The maximum atomic E-state index is 5.87. The van der Waals surface area contributed by atoms with Crippen LogP contribution in [0.25, 0.3) is 0 Å². The van der Waals surface area contributed by atoms with Crippen molar-refractivity contribution in [1.29, 1.82) is 0 Å². The number of nitrogens with two attached hydrogens (primary N) is 1. The molecule has 3 rings (SSSR count). The smallest absolute Gasteiger partial charge is 0.0127 e. The van der Waals surface area contributed by atoms with Gasteiger partial charge in [-0.25, -0.2) is 0 Å². The molecule has 1 heterocycles. The number of hydrogen-bond donors (Lipinski definition) is 1. The lowest BCUT2D eigenvalue weighted by Gasteiger charge is -2.38. The molecule has 122 valence electrons. The summed E-state index contributed by atoms with van der Waals surface area (Å²) in [5.74, 6) is 1.70. The maximum Gasteiger partial charge on any atom is 0.0127 e. The second-order valence-corrected chi connectivity index (χ2v) is 7.35. The summed E-state index contributed by atoms with van der Waals surface area (Å²) in [7, 11) is 0. The van der Waals surface area contributed by atoms with E-state index in [0.717, 1.165) is 24.4 Å². The molecule has 0 spiro atoms. The van der Waals surface area contributed by atoms with E-state index in [-0.39, 0.29) is 0 Å². The van der Waals surface area contributed by atoms with Crippen molar-refractivity contribution in [3.8, 4) is 0 Å². The molecule has 1 saturated carbocycles. The molecule has 0 radical (unpaired) electrons. The van der Waals surface area contributed by atoms with Gasteiger partial charge in [-0.1, -0.05) is 30.3 Å². The summed E-state index contributed by atoms with van der Waals surface area (Å²) in [5, 5.41) is 0. The van der Waals surface area contributed by atoms with E-state index in [4.69, 9.17) is 5.73 Å². The number of nitrogens with zero attached hydrogens (tertiary/aromatic N) is 1. The van der Waals surface area contributed by atoms with E-state index in [2.05, 4.69) is 35.2 Å². The molecule has 1 aromatic carbocycles. The Balaban J connectivity index is 1.60. The minimum absolute atomic E-state index is 0.796. The lowest BCUT2D eigenvalue weighted by Crippen LogP contribution is -2.41. The summed E-state index contributed by atoms with van der Waals surface area (Å²) in [5.41, 5.74) is 7.37. The molecule has 0 aromatic heterocycles. The molecule has 2 aliphatic rings. The first kappa shape index (κ1) is 16.0. The molecule has 2 N–H and O–H groups in total. The predicted molar refractivity (Wildman–Crippen MR) is 93.9 cm³/mol. The lowest BCUT2D eigenvalue weighted by molar-refractivity contribution is 0.120. The first-order valence-electron chi connectivity index (χ1n) is 9.35. The third-order valence-corrected chi connectivity index (χ3v) is 5.95. The largest absolute Gasteiger partial charge is 0.330 e. The van der Waals surface area contributed by atoms with E-state index < -0.39 is 0 Å². The molecule has 22 heavy (non-hydrogen) atoms. The lowest BCUT2D eigenvalue weighted by atomic mass is 9.76. The van der Waals surface area contributed by atoms with Gasteiger partial charge in [-0.2, -0.15) is 0 Å². The number of rotatable bonds is 6. The Morgan fingerprint density at radius 2 is 1.68 bits per heavy atom. The molecule has 2 heteroatoms. The zero-order valence-electron chi connectivity index (χ0n) is 13.9. The second kappa shape index (κ2) is 8.12. The molecule has 0 amide bonds. The average molecular weight is 300 g/mol. The number of aryl methyl sites for hydroxylation is 1. The molecule has 1 aliphatic heterocycles. The summed E-state index contributed by atoms with van der Waals surface area (Å²) in [4.78, 5) is 2.80. The highest BCUT2D eigenvalue weighted by atomic mass is 15.2. The number of likely N-dealkylation sites (tertiary alicyclic amines) is 1. The molecular formula is C20H32N2. The summed E-state index contributed by atoms with van der Waals surface area (Å²) in [6.07, 6.45) is 10.9. The van der Waals surface area contributed by atoms with Crippen molar-refractivity contribution in [2.24, 2.45) is 17.6 Å². The predicted octanol–water partition coefficient (Wildman–Crippen LogP) is 3.85. The van der Waals surface area contributed by atoms with Crippen molar-refractivity contribution in [1.82, 2.24) is 4.90 Å². The average Bonchev–Trinajstić information content (AvgIpc) is 3.11. The van der Waals surface area contributed by atoms with Gasteiger partial charge in [0.1, 0.15) is 0 Å². The van der Waals surface area contributed by atoms with Crippen LogP contribution >= 0.6 is 0 Å². The molecule has 1 aliphatic carbocycles. The maximum absolute atomic E-state index is 5.87. The van der Waals surface area contributed by atoms with Crippen molar-refractivity contribution in [2.45, 2.75) is 57.4 Å². The third-order valence-electron chi connectivity index (χ3n) is 5.95. The third kappa shape index (κ3) is 4.11. The molecule has 2 fully saturated rings. The van der Waals surface area contributed by atoms with E-state index in [1.54, 1.807) is 0 Å². The highest BCUT2D eigenvalue weighted by Crippen LogP contribution is 2.35. The van der Waals surface area contributed by atoms with Gasteiger partial charge < -0.3 is 10.6 Å². The van der Waals surface area contributed by atoms with Crippen LogP contribution < -0.4 is 5.73 Å². The van der Waals surface area contributed by atoms with Crippen LogP contribution in [0.1, 0.15) is 50.5 Å². The van der Waals surface area contributed by atoms with Gasteiger partial charge in [-0.15, -0.1) is 0 Å². The van der Waals surface area contributed by atoms with Crippen LogP contribution in [0.15, 0.2) is 30.3 Å². The van der Waals surface area contributed by atoms with Crippen LogP contribution in [0.2, 0.25) is 0 Å². The number of benzene rings is 1. The standard InChI is InChI=1S/C20H32N2/c21-16-18-8-11-19(12-9-18)20(22-14-4-5-15-22)13-10-17-6-2-1-3-7-17/h1-3,6-7,18-20H,4-5,8-16,21H2. The van der Waals surface area contributed by atoms with Gasteiger partial charge in [0.2, 0.25) is 0 Å². The van der Waals surface area contributed by atoms with Crippen molar-refractivity contribution >= 4 is 0 Å². The molecule has 1 aromatic rings. The fraction of sp³-hybridized carbons (Fsp3) is 0.700. The van der Waals surface area contributed by atoms with Gasteiger partial charge in [0.05, 0.1) is 0 Å². The minimum Gasteiger partial charge on any atom is -0.330 e. The van der Waals surface area contributed by atoms with Gasteiger partial charge in [0, 0.05) is 6.04 Å². The zero-order valence-corrected chi connectivity index (χ0v) is 13.9. The Morgan fingerprint density at radius 3 is 2.32 bits per heavy atom. The van der Waals surface area contributed by atoms with Crippen molar-refractivity contribution in [3.05, 3.63) is 35.9 Å². The molecule has 0 bridgehead atoms. The quantitative estimate of drug-likeness (QED) is 0.864. The van der Waals surface area contributed by atoms with Crippen LogP contribution in [0.3, 0.4) is 0 Å². The van der Waals surface area contributed by atoms with E-state index in [0.29, 0.717) is 0 Å². The van der Waals surface area contributed by atoms with E-state index in [1.165, 1.54) is 70.0 Å². The first-order chi connectivity index (χ1) is 10.9. The Kier molecular flexibility index (Phi) is 5.91. The van der Waals surface area contributed by atoms with Crippen LogP contribution in [0.5, 0.6) is 0 Å². The second-order valence-electron chi connectivity index (χ2n) is 7.35. The van der Waals surface area contributed by atoms with E-state index in [1.807, 2.05) is 0 Å². The van der Waals surface area contributed by atoms with Crippen molar-refractivity contribution in [3.63, 3.8) is 0 Å². The Hall–Kier alpha value is -0.860. The molecular weight excluding hydrogens is 268 g/mol. The number of hydrogen-bond acceptors (Lipinski definition) is 2. The monoisotopic (exact) mass is 300 g/mol. The van der Waals surface area contributed by atoms with Gasteiger partial charge in [0.25, 0.3) is 0 Å². The first-order valence-corrected chi connectivity index (χ1v) is 9.35. The summed E-state index contributed by atoms with van der Waals surface area (Å²) in [6.45, 7) is 3.55. The van der Waals surface area contributed by atoms with Gasteiger partial charge in [0.15, 0.2) is 0 Å². The van der Waals surface area contributed by atoms with Crippen LogP contribution in [0, 0.1) is 11.8 Å². The molecule has 1 saturated heterocycles. The summed E-state index contributed by atoms with van der Waals surface area (Å²) >= 11 is 0. The van der Waals surface area contributed by atoms with Gasteiger partial charge >= 0.3 is 0 Å². The fourth-order valence-corrected chi connectivity index (χ4v) is 4.56.